The molecule has 2 aliphatic rings. The highest BCUT2D eigenvalue weighted by atomic mass is 32.2. The van der Waals surface area contributed by atoms with Gasteiger partial charge in [-0.3, -0.25) is 4.90 Å². The number of rotatable bonds is 4. The molecule has 2 fully saturated rings. The molecule has 0 radical (unpaired) electrons. The van der Waals surface area contributed by atoms with Crippen molar-refractivity contribution in [2.45, 2.75) is 44.7 Å². The van der Waals surface area contributed by atoms with E-state index in [0.29, 0.717) is 31.5 Å². The molecule has 0 amide bonds. The number of sulfonamides is 1. The van der Waals surface area contributed by atoms with Crippen molar-refractivity contribution in [1.82, 2.24) is 9.21 Å². The van der Waals surface area contributed by atoms with E-state index in [1.165, 1.54) is 10.7 Å². The lowest BCUT2D eigenvalue weighted by atomic mass is 9.92. The SMILES string of the molecule is C[C@@H]1C[C@@H](C)CN(Cc2ccc(S(=O)(=O)N3CCCC3)o2)C1. The summed E-state index contributed by atoms with van der Waals surface area (Å²) in [5.41, 5.74) is 0. The first-order valence-electron chi connectivity index (χ1n) is 8.26. The number of likely N-dealkylation sites (tertiary alicyclic amines) is 1. The van der Waals surface area contributed by atoms with Crippen molar-refractivity contribution in [1.29, 1.82) is 0 Å². The Hall–Kier alpha value is -0.850. The normalized spacial score (nSPS) is 28.3. The molecule has 3 rings (SSSR count). The van der Waals surface area contributed by atoms with E-state index in [2.05, 4.69) is 18.7 Å². The Kier molecular flexibility index (Phi) is 4.61. The second kappa shape index (κ2) is 6.34. The van der Waals surface area contributed by atoms with Crippen LogP contribution in [-0.2, 0) is 16.6 Å². The van der Waals surface area contributed by atoms with E-state index in [1.54, 1.807) is 6.07 Å². The highest BCUT2D eigenvalue weighted by Crippen LogP contribution is 2.26. The summed E-state index contributed by atoms with van der Waals surface area (Å²) in [4.78, 5) is 2.37. The van der Waals surface area contributed by atoms with Crippen LogP contribution in [0.25, 0.3) is 0 Å². The summed E-state index contributed by atoms with van der Waals surface area (Å²) in [5.74, 6) is 2.12. The summed E-state index contributed by atoms with van der Waals surface area (Å²) in [7, 11) is -3.43. The molecule has 0 aliphatic carbocycles. The van der Waals surface area contributed by atoms with Crippen LogP contribution in [0.3, 0.4) is 0 Å². The lowest BCUT2D eigenvalue weighted by Crippen LogP contribution is -2.38. The fourth-order valence-corrected chi connectivity index (χ4v) is 5.22. The van der Waals surface area contributed by atoms with Crippen LogP contribution in [0.5, 0.6) is 0 Å². The van der Waals surface area contributed by atoms with Gasteiger partial charge in [-0.1, -0.05) is 13.8 Å². The van der Waals surface area contributed by atoms with Crippen molar-refractivity contribution in [3.8, 4) is 0 Å². The Bertz CT molecular complexity index is 595. The first kappa shape index (κ1) is 16.0. The van der Waals surface area contributed by atoms with Crippen LogP contribution in [0.4, 0.5) is 0 Å². The van der Waals surface area contributed by atoms with Gasteiger partial charge in [-0.25, -0.2) is 8.42 Å². The average molecular weight is 326 g/mol. The van der Waals surface area contributed by atoms with Crippen molar-refractivity contribution in [2.24, 2.45) is 11.8 Å². The molecule has 3 heterocycles. The van der Waals surface area contributed by atoms with Gasteiger partial charge < -0.3 is 4.42 Å². The molecule has 1 aromatic heterocycles. The number of hydrogen-bond donors (Lipinski definition) is 0. The summed E-state index contributed by atoms with van der Waals surface area (Å²) in [6.45, 7) is 8.57. The first-order valence-corrected chi connectivity index (χ1v) is 9.70. The zero-order valence-electron chi connectivity index (χ0n) is 13.5. The Labute approximate surface area is 133 Å². The first-order chi connectivity index (χ1) is 10.4. The summed E-state index contributed by atoms with van der Waals surface area (Å²) in [6.07, 6.45) is 3.15. The quantitative estimate of drug-likeness (QED) is 0.853. The smallest absolute Gasteiger partial charge is 0.276 e. The van der Waals surface area contributed by atoms with Gasteiger partial charge in [0.05, 0.1) is 6.54 Å². The van der Waals surface area contributed by atoms with Gasteiger partial charge in [-0.2, -0.15) is 4.31 Å². The largest absolute Gasteiger partial charge is 0.447 e. The summed E-state index contributed by atoms with van der Waals surface area (Å²) < 4.78 is 32.1. The van der Waals surface area contributed by atoms with Gasteiger partial charge in [-0.05, 0) is 43.2 Å². The number of hydrogen-bond acceptors (Lipinski definition) is 4. The Balaban J connectivity index is 1.68. The van der Waals surface area contributed by atoms with Gasteiger partial charge in [-0.15, -0.1) is 0 Å². The van der Waals surface area contributed by atoms with E-state index in [-0.39, 0.29) is 5.09 Å². The van der Waals surface area contributed by atoms with Crippen LogP contribution < -0.4 is 0 Å². The zero-order valence-corrected chi connectivity index (χ0v) is 14.3. The molecule has 2 saturated heterocycles. The van der Waals surface area contributed by atoms with Crippen molar-refractivity contribution in [3.63, 3.8) is 0 Å². The molecule has 0 bridgehead atoms. The van der Waals surface area contributed by atoms with E-state index in [1.807, 2.05) is 6.07 Å². The van der Waals surface area contributed by atoms with Gasteiger partial charge in [0, 0.05) is 26.2 Å². The van der Waals surface area contributed by atoms with Crippen LogP contribution in [-0.4, -0.2) is 43.8 Å². The Morgan fingerprint density at radius 1 is 1.14 bits per heavy atom. The monoisotopic (exact) mass is 326 g/mol. The maximum absolute atomic E-state index is 12.5. The Morgan fingerprint density at radius 2 is 1.77 bits per heavy atom. The van der Waals surface area contributed by atoms with Crippen LogP contribution in [0.15, 0.2) is 21.6 Å². The third-order valence-electron chi connectivity index (χ3n) is 4.62. The second-order valence-electron chi connectivity index (χ2n) is 6.97. The summed E-state index contributed by atoms with van der Waals surface area (Å²) in [5, 5.41) is 0.0995. The van der Waals surface area contributed by atoms with Crippen molar-refractivity contribution in [3.05, 3.63) is 17.9 Å². The maximum atomic E-state index is 12.5. The molecule has 124 valence electrons. The lowest BCUT2D eigenvalue weighted by molar-refractivity contribution is 0.124. The van der Waals surface area contributed by atoms with Crippen molar-refractivity contribution in [2.75, 3.05) is 26.2 Å². The molecule has 0 N–H and O–H groups in total. The van der Waals surface area contributed by atoms with Crippen molar-refractivity contribution >= 4 is 10.0 Å². The zero-order chi connectivity index (χ0) is 15.7. The fourth-order valence-electron chi connectivity index (χ4n) is 3.78. The molecular formula is C16H26N2O3S. The minimum absolute atomic E-state index is 0.0995. The second-order valence-corrected chi connectivity index (χ2v) is 8.84. The molecule has 22 heavy (non-hydrogen) atoms. The van der Waals surface area contributed by atoms with Crippen molar-refractivity contribution < 1.29 is 12.8 Å². The molecule has 1 aromatic rings. The number of furan rings is 1. The average Bonchev–Trinajstić information content (AvgIpc) is 3.08. The van der Waals surface area contributed by atoms with Gasteiger partial charge in [0.1, 0.15) is 5.76 Å². The van der Waals surface area contributed by atoms with E-state index >= 15 is 0 Å². The third kappa shape index (κ3) is 3.39. The van der Waals surface area contributed by atoms with Crippen LogP contribution in [0.1, 0.15) is 38.9 Å². The Morgan fingerprint density at radius 3 is 2.41 bits per heavy atom. The number of nitrogens with zero attached hydrogens (tertiary/aromatic N) is 2. The molecule has 0 saturated carbocycles. The molecular weight excluding hydrogens is 300 g/mol. The maximum Gasteiger partial charge on any atom is 0.276 e. The van der Waals surface area contributed by atoms with Crippen LogP contribution in [0, 0.1) is 11.8 Å². The van der Waals surface area contributed by atoms with Crippen LogP contribution in [0.2, 0.25) is 0 Å². The molecule has 5 nitrogen and oxygen atoms in total. The minimum atomic E-state index is -3.43. The molecule has 2 aliphatic heterocycles. The molecule has 2 atom stereocenters. The summed E-state index contributed by atoms with van der Waals surface area (Å²) in [6, 6.07) is 3.42. The standard InChI is InChI=1S/C16H26N2O3S/c1-13-9-14(2)11-17(10-13)12-15-5-6-16(21-15)22(19,20)18-7-3-4-8-18/h5-6,13-14H,3-4,7-12H2,1-2H3/t13-,14-/m1/s1. The van der Waals surface area contributed by atoms with Gasteiger partial charge >= 0.3 is 0 Å². The molecule has 0 unspecified atom stereocenters. The predicted octanol–water partition coefficient (Wildman–Crippen LogP) is 2.54. The molecule has 0 spiro atoms. The predicted molar refractivity (Wildman–Crippen MR) is 84.9 cm³/mol. The van der Waals surface area contributed by atoms with Crippen LogP contribution >= 0.6 is 0 Å². The van der Waals surface area contributed by atoms with Gasteiger partial charge in [0.2, 0.25) is 5.09 Å². The minimum Gasteiger partial charge on any atom is -0.447 e. The van der Waals surface area contributed by atoms with E-state index in [4.69, 9.17) is 4.42 Å². The third-order valence-corrected chi connectivity index (χ3v) is 6.39. The van der Waals surface area contributed by atoms with Gasteiger partial charge in [0.15, 0.2) is 0 Å². The fraction of sp³-hybridized carbons (Fsp3) is 0.750. The lowest BCUT2D eigenvalue weighted by Gasteiger charge is -2.34. The molecule has 6 heteroatoms. The van der Waals surface area contributed by atoms with Gasteiger partial charge in [0.25, 0.3) is 10.0 Å². The highest BCUT2D eigenvalue weighted by molar-refractivity contribution is 7.89. The van der Waals surface area contributed by atoms with E-state index in [9.17, 15) is 8.42 Å². The highest BCUT2D eigenvalue weighted by Gasteiger charge is 2.30. The van der Waals surface area contributed by atoms with E-state index < -0.39 is 10.0 Å². The van der Waals surface area contributed by atoms with E-state index in [0.717, 1.165) is 31.7 Å². The topological polar surface area (TPSA) is 53.8 Å². The summed E-state index contributed by atoms with van der Waals surface area (Å²) >= 11 is 0. The number of piperidine rings is 1. The molecule has 0 aromatic carbocycles.